The van der Waals surface area contributed by atoms with E-state index in [0.29, 0.717) is 11.8 Å². The summed E-state index contributed by atoms with van der Waals surface area (Å²) in [7, 11) is -2.16. The van der Waals surface area contributed by atoms with E-state index in [2.05, 4.69) is 111 Å². The quantitative estimate of drug-likeness (QED) is 0.442. The Bertz CT molecular complexity index is 1040. The molecule has 3 aromatic carbocycles. The van der Waals surface area contributed by atoms with E-state index in [9.17, 15) is 0 Å². The van der Waals surface area contributed by atoms with Gasteiger partial charge in [-0.05, 0) is 49.6 Å². The largest absolute Gasteiger partial charge is 0.146 e. The van der Waals surface area contributed by atoms with Crippen molar-refractivity contribution in [2.75, 3.05) is 0 Å². The van der Waals surface area contributed by atoms with Crippen LogP contribution in [0.25, 0.3) is 12.2 Å². The minimum atomic E-state index is -2.16. The summed E-state index contributed by atoms with van der Waals surface area (Å²) in [5, 5.41) is 4.64. The van der Waals surface area contributed by atoms with Gasteiger partial charge in [-0.3, -0.25) is 0 Å². The molecule has 2 aliphatic carbocycles. The van der Waals surface area contributed by atoms with Gasteiger partial charge in [0.05, 0.1) is 0 Å². The van der Waals surface area contributed by atoms with Crippen LogP contribution in [0.15, 0.2) is 78.9 Å². The Labute approximate surface area is 169 Å². The van der Waals surface area contributed by atoms with E-state index in [-0.39, 0.29) is 0 Å². The molecule has 0 spiro atoms. The lowest BCUT2D eigenvalue weighted by Crippen LogP contribution is -2.66. The molecule has 0 saturated carbocycles. The summed E-state index contributed by atoms with van der Waals surface area (Å²) in [4.78, 5) is 0. The zero-order valence-corrected chi connectivity index (χ0v) is 17.8. The molecule has 2 aliphatic rings. The van der Waals surface area contributed by atoms with Crippen molar-refractivity contribution >= 4 is 35.8 Å². The van der Waals surface area contributed by atoms with Crippen LogP contribution < -0.4 is 15.6 Å². The molecule has 0 amide bonds. The average molecular weight is 379 g/mol. The van der Waals surface area contributed by atoms with Gasteiger partial charge in [-0.15, -0.1) is 0 Å². The third kappa shape index (κ3) is 2.43. The van der Waals surface area contributed by atoms with Crippen LogP contribution in [0.2, 0.25) is 6.55 Å². The van der Waals surface area contributed by atoms with Gasteiger partial charge in [-0.25, -0.2) is 0 Å². The lowest BCUT2D eigenvalue weighted by molar-refractivity contribution is 0.994. The fourth-order valence-electron chi connectivity index (χ4n) is 5.26. The molecular weight excluding hydrogens is 352 g/mol. The summed E-state index contributed by atoms with van der Waals surface area (Å²) in [6.45, 7) is 7.24. The van der Waals surface area contributed by atoms with Gasteiger partial charge in [0.1, 0.15) is 8.07 Å². The van der Waals surface area contributed by atoms with Crippen LogP contribution in [-0.4, -0.2) is 8.07 Å². The zero-order chi connectivity index (χ0) is 19.3. The molecule has 0 aliphatic heterocycles. The molecule has 2 atom stereocenters. The number of rotatable bonds is 3. The predicted molar refractivity (Wildman–Crippen MR) is 125 cm³/mol. The fourth-order valence-corrected chi connectivity index (χ4v) is 9.71. The third-order valence-electron chi connectivity index (χ3n) is 6.75. The molecule has 0 heterocycles. The van der Waals surface area contributed by atoms with Gasteiger partial charge < -0.3 is 0 Å². The lowest BCUT2D eigenvalue weighted by Gasteiger charge is -2.34. The second-order valence-electron chi connectivity index (χ2n) is 8.40. The van der Waals surface area contributed by atoms with E-state index in [1.54, 1.807) is 10.4 Å². The Kier molecular flexibility index (Phi) is 4.03. The molecule has 5 rings (SSSR count). The molecule has 0 N–H and O–H groups in total. The first kappa shape index (κ1) is 17.5. The molecule has 0 bridgehead atoms. The molecular formula is C27H26Si. The Morgan fingerprint density at radius 2 is 1.11 bits per heavy atom. The van der Waals surface area contributed by atoms with Crippen LogP contribution in [0.1, 0.15) is 47.9 Å². The smallest absolute Gasteiger partial charge is 0.0767 e. The molecule has 0 fully saturated rings. The Balaban J connectivity index is 1.85. The highest BCUT2D eigenvalue weighted by Crippen LogP contribution is 2.33. The maximum Gasteiger partial charge on any atom is 0.146 e. The fraction of sp³-hybridized carbons (Fsp3) is 0.185. The van der Waals surface area contributed by atoms with Crippen molar-refractivity contribution in [1.82, 2.24) is 0 Å². The number of hydrogen-bond donors (Lipinski definition) is 0. The van der Waals surface area contributed by atoms with Crippen molar-refractivity contribution in [3.8, 4) is 0 Å². The van der Waals surface area contributed by atoms with E-state index in [1.165, 1.54) is 27.4 Å². The van der Waals surface area contributed by atoms with Crippen LogP contribution in [0.3, 0.4) is 0 Å². The number of hydrogen-bond acceptors (Lipinski definition) is 0. The average Bonchev–Trinajstić information content (AvgIpc) is 3.31. The number of allylic oxidation sites excluding steroid dienone is 2. The normalized spacial score (nSPS) is 21.4. The lowest BCUT2D eigenvalue weighted by atomic mass is 10.0. The van der Waals surface area contributed by atoms with Crippen molar-refractivity contribution in [3.63, 3.8) is 0 Å². The third-order valence-corrected chi connectivity index (χ3v) is 11.3. The molecule has 138 valence electrons. The summed E-state index contributed by atoms with van der Waals surface area (Å²) in [6.07, 6.45) is 9.33. The van der Waals surface area contributed by atoms with Crippen LogP contribution in [-0.2, 0) is 0 Å². The van der Waals surface area contributed by atoms with Gasteiger partial charge in [-0.1, -0.05) is 111 Å². The standard InChI is InChI=1S/C27H26Si/c1-19-15-17-21-9-7-13-24(26(19)21)28(3,23-11-5-4-6-12-23)25-14-8-10-22-18-16-20(2)27(22)25/h4-20H,1-3H3. The van der Waals surface area contributed by atoms with E-state index in [1.807, 2.05) is 0 Å². The molecule has 0 saturated heterocycles. The van der Waals surface area contributed by atoms with Crippen molar-refractivity contribution in [2.24, 2.45) is 0 Å². The Hall–Kier alpha value is -2.64. The van der Waals surface area contributed by atoms with Crippen molar-refractivity contribution in [2.45, 2.75) is 32.2 Å². The van der Waals surface area contributed by atoms with Gasteiger partial charge in [0.25, 0.3) is 0 Å². The SMILES string of the molecule is CC1C=Cc2cccc([Si](C)(c3ccccc3)c3cccc4c3C(C)C=C4)c21. The van der Waals surface area contributed by atoms with E-state index in [0.717, 1.165) is 0 Å². The van der Waals surface area contributed by atoms with Crippen LogP contribution >= 0.6 is 0 Å². The van der Waals surface area contributed by atoms with Crippen LogP contribution in [0.5, 0.6) is 0 Å². The summed E-state index contributed by atoms with van der Waals surface area (Å²) in [6, 6.07) is 25.1. The highest BCUT2D eigenvalue weighted by Gasteiger charge is 2.40. The van der Waals surface area contributed by atoms with E-state index < -0.39 is 8.07 Å². The van der Waals surface area contributed by atoms with Crippen molar-refractivity contribution in [3.05, 3.63) is 101 Å². The molecule has 1 heteroatoms. The summed E-state index contributed by atoms with van der Waals surface area (Å²) in [5.41, 5.74) is 5.88. The molecule has 0 radical (unpaired) electrons. The summed E-state index contributed by atoms with van der Waals surface area (Å²) < 4.78 is 0. The van der Waals surface area contributed by atoms with Crippen molar-refractivity contribution < 1.29 is 0 Å². The highest BCUT2D eigenvalue weighted by atomic mass is 28.3. The van der Waals surface area contributed by atoms with Gasteiger partial charge in [0, 0.05) is 0 Å². The topological polar surface area (TPSA) is 0 Å². The first-order chi connectivity index (χ1) is 13.6. The van der Waals surface area contributed by atoms with Gasteiger partial charge in [0.2, 0.25) is 0 Å². The maximum atomic E-state index is 2.56. The van der Waals surface area contributed by atoms with E-state index >= 15 is 0 Å². The minimum absolute atomic E-state index is 0.481. The Morgan fingerprint density at radius 3 is 1.61 bits per heavy atom. The highest BCUT2D eigenvalue weighted by molar-refractivity contribution is 7.11. The molecule has 0 aromatic heterocycles. The second kappa shape index (κ2) is 6.46. The van der Waals surface area contributed by atoms with Gasteiger partial charge in [0.15, 0.2) is 0 Å². The maximum absolute atomic E-state index is 2.56. The second-order valence-corrected chi connectivity index (χ2v) is 12.3. The van der Waals surface area contributed by atoms with E-state index in [4.69, 9.17) is 0 Å². The van der Waals surface area contributed by atoms with Gasteiger partial charge in [-0.2, -0.15) is 0 Å². The number of fused-ring (bicyclic) bond motifs is 2. The van der Waals surface area contributed by atoms with Crippen molar-refractivity contribution in [1.29, 1.82) is 0 Å². The Morgan fingerprint density at radius 1 is 0.607 bits per heavy atom. The minimum Gasteiger partial charge on any atom is -0.0767 e. The monoisotopic (exact) mass is 378 g/mol. The van der Waals surface area contributed by atoms with Gasteiger partial charge >= 0.3 is 0 Å². The molecule has 3 aromatic rings. The van der Waals surface area contributed by atoms with Crippen LogP contribution in [0.4, 0.5) is 0 Å². The summed E-state index contributed by atoms with van der Waals surface area (Å²) in [5.74, 6) is 0.961. The first-order valence-corrected chi connectivity index (χ1v) is 12.8. The molecule has 28 heavy (non-hydrogen) atoms. The number of benzene rings is 3. The molecule has 2 unspecified atom stereocenters. The first-order valence-electron chi connectivity index (χ1n) is 10.3. The van der Waals surface area contributed by atoms with Crippen LogP contribution in [0, 0.1) is 0 Å². The predicted octanol–water partition coefficient (Wildman–Crippen LogP) is 5.05. The summed E-state index contributed by atoms with van der Waals surface area (Å²) >= 11 is 0. The zero-order valence-electron chi connectivity index (χ0n) is 16.8. The molecule has 0 nitrogen and oxygen atoms in total.